The van der Waals surface area contributed by atoms with Crippen LogP contribution in [-0.2, 0) is 9.31 Å². The summed E-state index contributed by atoms with van der Waals surface area (Å²) < 4.78 is 19.3. The maximum Gasteiger partial charge on any atom is 0.495 e. The molecule has 0 spiro atoms. The van der Waals surface area contributed by atoms with E-state index in [2.05, 4.69) is 76.2 Å². The lowest BCUT2D eigenvalue weighted by molar-refractivity contribution is 0.00578. The van der Waals surface area contributed by atoms with Gasteiger partial charge in [-0.2, -0.15) is 0 Å². The minimum Gasteiger partial charge on any atom is -0.435 e. The van der Waals surface area contributed by atoms with Gasteiger partial charge in [0.1, 0.15) is 5.52 Å². The van der Waals surface area contributed by atoms with E-state index in [1.54, 1.807) is 0 Å². The summed E-state index contributed by atoms with van der Waals surface area (Å²) in [5, 5.41) is 6.79. The van der Waals surface area contributed by atoms with Gasteiger partial charge in [-0.3, -0.25) is 0 Å². The fourth-order valence-corrected chi connectivity index (χ4v) is 5.28. The molecule has 2 heterocycles. The van der Waals surface area contributed by atoms with Crippen LogP contribution in [0, 0.1) is 0 Å². The lowest BCUT2D eigenvalue weighted by Crippen LogP contribution is -2.41. The van der Waals surface area contributed by atoms with Crippen LogP contribution >= 0.6 is 0 Å². The average molecular weight is 471 g/mol. The van der Waals surface area contributed by atoms with E-state index >= 15 is 0 Å². The molecule has 6 aromatic rings. The fourth-order valence-electron chi connectivity index (χ4n) is 5.28. The predicted molar refractivity (Wildman–Crippen MR) is 148 cm³/mol. The van der Waals surface area contributed by atoms with Crippen molar-refractivity contribution < 1.29 is 13.7 Å². The zero-order valence-corrected chi connectivity index (χ0v) is 20.8. The summed E-state index contributed by atoms with van der Waals surface area (Å²) in [4.78, 5) is 4.83. The Bertz CT molecular complexity index is 1790. The minimum atomic E-state index is -0.430. The van der Waals surface area contributed by atoms with Gasteiger partial charge in [0.05, 0.1) is 11.2 Å². The quantitative estimate of drug-likeness (QED) is 0.197. The third-order valence-corrected chi connectivity index (χ3v) is 7.94. The van der Waals surface area contributed by atoms with Crippen LogP contribution in [0.3, 0.4) is 0 Å². The van der Waals surface area contributed by atoms with Crippen molar-refractivity contribution >= 4 is 56.0 Å². The first-order valence-electron chi connectivity index (χ1n) is 12.4. The third-order valence-electron chi connectivity index (χ3n) is 7.94. The molecule has 0 atom stereocenters. The molecular formula is C31H26BNO3. The SMILES string of the molecule is CC1(C)OB(c2cccc3c2ccc2ccc4ccc5nc(-c6ccccc6)oc5c4c23)OC1(C)C. The number of hydrogen-bond acceptors (Lipinski definition) is 4. The van der Waals surface area contributed by atoms with Crippen LogP contribution in [0.15, 0.2) is 89.3 Å². The van der Waals surface area contributed by atoms with Gasteiger partial charge in [-0.15, -0.1) is 0 Å². The number of fused-ring (bicyclic) bond motifs is 7. The molecule has 5 heteroatoms. The number of oxazole rings is 1. The van der Waals surface area contributed by atoms with Crippen molar-refractivity contribution in [1.29, 1.82) is 0 Å². The fraction of sp³-hybridized carbons (Fsp3) is 0.194. The molecule has 4 nitrogen and oxygen atoms in total. The van der Waals surface area contributed by atoms with E-state index in [1.165, 1.54) is 0 Å². The maximum atomic E-state index is 6.45. The summed E-state index contributed by atoms with van der Waals surface area (Å²) in [7, 11) is -0.430. The van der Waals surface area contributed by atoms with Gasteiger partial charge < -0.3 is 13.7 Å². The molecule has 0 aliphatic carbocycles. The van der Waals surface area contributed by atoms with Crippen molar-refractivity contribution in [3.63, 3.8) is 0 Å². The van der Waals surface area contributed by atoms with E-state index in [1.807, 2.05) is 36.4 Å². The number of benzene rings is 5. The van der Waals surface area contributed by atoms with E-state index in [9.17, 15) is 0 Å². The second-order valence-electron chi connectivity index (χ2n) is 10.7. The molecule has 1 aromatic heterocycles. The summed E-state index contributed by atoms with van der Waals surface area (Å²) >= 11 is 0. The second-order valence-corrected chi connectivity index (χ2v) is 10.7. The smallest absolute Gasteiger partial charge is 0.435 e. The van der Waals surface area contributed by atoms with E-state index < -0.39 is 18.3 Å². The van der Waals surface area contributed by atoms with Crippen molar-refractivity contribution in [2.45, 2.75) is 38.9 Å². The van der Waals surface area contributed by atoms with Crippen LogP contribution in [0.2, 0.25) is 0 Å². The first-order valence-corrected chi connectivity index (χ1v) is 12.4. The first kappa shape index (κ1) is 21.6. The molecule has 1 aliphatic rings. The summed E-state index contributed by atoms with van der Waals surface area (Å²) in [6.45, 7) is 8.36. The van der Waals surface area contributed by atoms with Gasteiger partial charge in [-0.1, -0.05) is 66.7 Å². The third kappa shape index (κ3) is 3.06. The maximum absolute atomic E-state index is 6.45. The van der Waals surface area contributed by atoms with Gasteiger partial charge in [0.15, 0.2) is 5.58 Å². The second kappa shape index (κ2) is 7.42. The Morgan fingerprint density at radius 1 is 0.639 bits per heavy atom. The standard InChI is InChI=1S/C31H26BNO3/c1-30(2)31(3,4)36-32(35-30)24-12-8-11-23-22(24)17-15-19-13-14-20-16-18-25-28(27(20)26(19)23)34-29(33-25)21-9-6-5-7-10-21/h5-18H,1-4H3. The Balaban J connectivity index is 1.52. The zero-order valence-electron chi connectivity index (χ0n) is 20.8. The lowest BCUT2D eigenvalue weighted by atomic mass is 9.75. The average Bonchev–Trinajstić information content (AvgIpc) is 3.41. The Kier molecular flexibility index (Phi) is 4.45. The molecule has 1 saturated heterocycles. The Hall–Kier alpha value is -3.67. The van der Waals surface area contributed by atoms with Gasteiger partial charge in [-0.25, -0.2) is 4.98 Å². The Morgan fingerprint density at radius 3 is 2.06 bits per heavy atom. The number of aromatic nitrogens is 1. The highest BCUT2D eigenvalue weighted by Gasteiger charge is 2.52. The van der Waals surface area contributed by atoms with Gasteiger partial charge in [0.25, 0.3) is 0 Å². The molecule has 0 saturated carbocycles. The molecule has 0 unspecified atom stereocenters. The monoisotopic (exact) mass is 471 g/mol. The molecule has 7 rings (SSSR count). The van der Waals surface area contributed by atoms with Crippen LogP contribution in [0.5, 0.6) is 0 Å². The highest BCUT2D eigenvalue weighted by Crippen LogP contribution is 2.40. The molecule has 1 aliphatic heterocycles. The van der Waals surface area contributed by atoms with E-state index in [-0.39, 0.29) is 0 Å². The summed E-state index contributed by atoms with van der Waals surface area (Å²) in [6.07, 6.45) is 0. The highest BCUT2D eigenvalue weighted by molar-refractivity contribution is 6.65. The Morgan fingerprint density at radius 2 is 1.31 bits per heavy atom. The highest BCUT2D eigenvalue weighted by atomic mass is 16.7. The van der Waals surface area contributed by atoms with Crippen molar-refractivity contribution in [2.75, 3.05) is 0 Å². The van der Waals surface area contributed by atoms with E-state index in [0.717, 1.165) is 54.4 Å². The normalized spacial score (nSPS) is 17.1. The van der Waals surface area contributed by atoms with Crippen molar-refractivity contribution in [1.82, 2.24) is 4.98 Å². The van der Waals surface area contributed by atoms with Crippen LogP contribution in [0.4, 0.5) is 0 Å². The molecule has 0 N–H and O–H groups in total. The zero-order chi connectivity index (χ0) is 24.7. The molecule has 36 heavy (non-hydrogen) atoms. The van der Waals surface area contributed by atoms with Crippen LogP contribution in [-0.4, -0.2) is 23.3 Å². The van der Waals surface area contributed by atoms with Gasteiger partial charge in [0, 0.05) is 16.3 Å². The lowest BCUT2D eigenvalue weighted by Gasteiger charge is -2.32. The van der Waals surface area contributed by atoms with Gasteiger partial charge in [0.2, 0.25) is 5.89 Å². The van der Waals surface area contributed by atoms with Crippen LogP contribution in [0.25, 0.3) is 54.9 Å². The summed E-state index contributed by atoms with van der Waals surface area (Å²) in [6, 6.07) is 29.3. The molecule has 5 aromatic carbocycles. The number of hydrogen-bond donors (Lipinski definition) is 0. The topological polar surface area (TPSA) is 44.5 Å². The summed E-state index contributed by atoms with van der Waals surface area (Å²) in [5.74, 6) is 0.633. The van der Waals surface area contributed by atoms with Crippen molar-refractivity contribution in [3.8, 4) is 11.5 Å². The number of nitrogens with zero attached hydrogens (tertiary/aromatic N) is 1. The molecule has 0 bridgehead atoms. The van der Waals surface area contributed by atoms with E-state index in [4.69, 9.17) is 18.7 Å². The number of rotatable bonds is 2. The Labute approximate surface area is 210 Å². The minimum absolute atomic E-state index is 0.400. The molecular weight excluding hydrogens is 445 g/mol. The largest absolute Gasteiger partial charge is 0.495 e. The van der Waals surface area contributed by atoms with Crippen LogP contribution < -0.4 is 5.46 Å². The van der Waals surface area contributed by atoms with Crippen molar-refractivity contribution in [3.05, 3.63) is 84.9 Å². The van der Waals surface area contributed by atoms with Gasteiger partial charge in [-0.05, 0) is 72.9 Å². The van der Waals surface area contributed by atoms with Crippen LogP contribution in [0.1, 0.15) is 27.7 Å². The molecule has 176 valence electrons. The molecule has 0 radical (unpaired) electrons. The van der Waals surface area contributed by atoms with Gasteiger partial charge >= 0.3 is 7.12 Å². The first-order chi connectivity index (χ1) is 17.3. The molecule has 0 amide bonds. The predicted octanol–water partition coefficient (Wildman–Crippen LogP) is 7.25. The van der Waals surface area contributed by atoms with Crippen molar-refractivity contribution in [2.24, 2.45) is 0 Å². The summed E-state index contributed by atoms with van der Waals surface area (Å²) in [5.41, 5.74) is 2.88. The van der Waals surface area contributed by atoms with E-state index in [0.29, 0.717) is 5.89 Å². The molecule has 1 fully saturated rings.